The van der Waals surface area contributed by atoms with Gasteiger partial charge in [0.25, 0.3) is 0 Å². The van der Waals surface area contributed by atoms with Crippen LogP contribution in [0.2, 0.25) is 0 Å². The van der Waals surface area contributed by atoms with Crippen LogP contribution in [0.15, 0.2) is 5.16 Å². The lowest BCUT2D eigenvalue weighted by molar-refractivity contribution is -0.175. The standard InChI is InChI=1S/C10H18F3N3O3/c1-2-16(5-3-8(14)15-18)9(17)4-6-19-7-10(11,12)13/h18H,2-7H2,1H3,(H2,14,15). The van der Waals surface area contributed by atoms with Crippen LogP contribution in [-0.2, 0) is 9.53 Å². The monoisotopic (exact) mass is 285 g/mol. The molecule has 0 aromatic heterocycles. The molecule has 0 bridgehead atoms. The topological polar surface area (TPSA) is 88.1 Å². The van der Waals surface area contributed by atoms with Crippen molar-refractivity contribution in [2.24, 2.45) is 10.9 Å². The molecule has 0 fully saturated rings. The highest BCUT2D eigenvalue weighted by molar-refractivity contribution is 5.81. The van der Waals surface area contributed by atoms with Crippen molar-refractivity contribution in [1.82, 2.24) is 4.90 Å². The molecule has 0 aliphatic heterocycles. The lowest BCUT2D eigenvalue weighted by Crippen LogP contribution is -2.34. The maximum absolute atomic E-state index is 11.8. The Bertz CT molecular complexity index is 308. The average molecular weight is 285 g/mol. The van der Waals surface area contributed by atoms with Crippen LogP contribution in [0.1, 0.15) is 19.8 Å². The summed E-state index contributed by atoms with van der Waals surface area (Å²) in [7, 11) is 0. The van der Waals surface area contributed by atoms with Gasteiger partial charge < -0.3 is 20.6 Å². The van der Waals surface area contributed by atoms with Crippen molar-refractivity contribution in [1.29, 1.82) is 0 Å². The second kappa shape index (κ2) is 8.57. The van der Waals surface area contributed by atoms with Gasteiger partial charge in [-0.3, -0.25) is 4.79 Å². The van der Waals surface area contributed by atoms with Gasteiger partial charge in [-0.25, -0.2) is 0 Å². The number of ether oxygens (including phenoxy) is 1. The van der Waals surface area contributed by atoms with Crippen LogP contribution in [-0.4, -0.2) is 54.3 Å². The summed E-state index contributed by atoms with van der Waals surface area (Å²) in [6.07, 6.45) is -4.33. The summed E-state index contributed by atoms with van der Waals surface area (Å²) in [5.74, 6) is -0.352. The van der Waals surface area contributed by atoms with E-state index in [1.54, 1.807) is 6.92 Å². The van der Waals surface area contributed by atoms with Gasteiger partial charge in [0, 0.05) is 19.5 Å². The van der Waals surface area contributed by atoms with Crippen molar-refractivity contribution < 1.29 is 27.9 Å². The lowest BCUT2D eigenvalue weighted by Gasteiger charge is -2.20. The van der Waals surface area contributed by atoms with Crippen LogP contribution in [0.4, 0.5) is 13.2 Å². The van der Waals surface area contributed by atoms with Gasteiger partial charge in [-0.05, 0) is 6.92 Å². The summed E-state index contributed by atoms with van der Waals surface area (Å²) in [6, 6.07) is 0. The van der Waals surface area contributed by atoms with Crippen LogP contribution >= 0.6 is 0 Å². The third kappa shape index (κ3) is 9.11. The second-order valence-corrected chi connectivity index (χ2v) is 3.73. The Hall–Kier alpha value is -1.51. The van der Waals surface area contributed by atoms with E-state index in [9.17, 15) is 18.0 Å². The van der Waals surface area contributed by atoms with E-state index in [1.165, 1.54) is 4.90 Å². The first kappa shape index (κ1) is 17.5. The summed E-state index contributed by atoms with van der Waals surface area (Å²) in [5, 5.41) is 11.1. The number of nitrogens with two attached hydrogens (primary N) is 1. The molecule has 0 rings (SSSR count). The molecule has 0 aliphatic rings. The molecular weight excluding hydrogens is 267 g/mol. The molecule has 0 radical (unpaired) electrons. The number of hydrogen-bond acceptors (Lipinski definition) is 4. The van der Waals surface area contributed by atoms with Crippen molar-refractivity contribution in [2.75, 3.05) is 26.3 Å². The van der Waals surface area contributed by atoms with Crippen LogP contribution in [0, 0.1) is 0 Å². The summed E-state index contributed by atoms with van der Waals surface area (Å²) in [5.41, 5.74) is 5.26. The van der Waals surface area contributed by atoms with E-state index < -0.39 is 12.8 Å². The Kier molecular flexibility index (Phi) is 7.89. The van der Waals surface area contributed by atoms with E-state index in [0.717, 1.165) is 0 Å². The number of amides is 1. The van der Waals surface area contributed by atoms with Crippen LogP contribution in [0.3, 0.4) is 0 Å². The summed E-state index contributed by atoms with van der Waals surface area (Å²) >= 11 is 0. The number of carbonyl (C=O) groups excluding carboxylic acids is 1. The van der Waals surface area contributed by atoms with Gasteiger partial charge in [-0.2, -0.15) is 13.2 Å². The molecular formula is C10H18F3N3O3. The number of hydrogen-bond donors (Lipinski definition) is 2. The Labute approximate surface area is 109 Å². The predicted molar refractivity (Wildman–Crippen MR) is 61.8 cm³/mol. The Morgan fingerprint density at radius 2 is 2.05 bits per heavy atom. The minimum atomic E-state index is -4.39. The van der Waals surface area contributed by atoms with Gasteiger partial charge in [-0.1, -0.05) is 5.16 Å². The highest BCUT2D eigenvalue weighted by atomic mass is 19.4. The molecule has 0 aromatic carbocycles. The maximum atomic E-state index is 11.8. The minimum Gasteiger partial charge on any atom is -0.409 e. The average Bonchev–Trinajstić information content (AvgIpc) is 2.33. The molecule has 0 aromatic rings. The normalized spacial score (nSPS) is 12.5. The van der Waals surface area contributed by atoms with E-state index in [1.807, 2.05) is 0 Å². The van der Waals surface area contributed by atoms with E-state index in [4.69, 9.17) is 10.9 Å². The molecule has 0 unspecified atom stereocenters. The fourth-order valence-electron chi connectivity index (χ4n) is 1.26. The van der Waals surface area contributed by atoms with Gasteiger partial charge in [0.2, 0.25) is 5.91 Å². The predicted octanol–water partition coefficient (Wildman–Crippen LogP) is 0.940. The molecule has 0 spiro atoms. The first-order valence-electron chi connectivity index (χ1n) is 5.68. The SMILES string of the molecule is CCN(CCC(N)=NO)C(=O)CCOCC(F)(F)F. The lowest BCUT2D eigenvalue weighted by atomic mass is 10.3. The van der Waals surface area contributed by atoms with E-state index >= 15 is 0 Å². The fraction of sp³-hybridized carbons (Fsp3) is 0.800. The second-order valence-electron chi connectivity index (χ2n) is 3.73. The summed E-state index contributed by atoms with van der Waals surface area (Å²) in [6.45, 7) is 0.691. The first-order chi connectivity index (χ1) is 8.80. The van der Waals surface area contributed by atoms with Gasteiger partial charge >= 0.3 is 6.18 Å². The van der Waals surface area contributed by atoms with Crippen molar-refractivity contribution in [3.63, 3.8) is 0 Å². The molecule has 112 valence electrons. The number of halogens is 3. The van der Waals surface area contributed by atoms with Crippen LogP contribution < -0.4 is 5.73 Å². The molecule has 0 heterocycles. The molecule has 0 saturated carbocycles. The molecule has 6 nitrogen and oxygen atoms in total. The first-order valence-corrected chi connectivity index (χ1v) is 5.68. The molecule has 0 aliphatic carbocycles. The Balaban J connectivity index is 3.95. The molecule has 1 amide bonds. The minimum absolute atomic E-state index is 0.0143. The van der Waals surface area contributed by atoms with Gasteiger partial charge in [0.15, 0.2) is 0 Å². The zero-order valence-corrected chi connectivity index (χ0v) is 10.6. The summed E-state index contributed by atoms with van der Waals surface area (Å²) < 4.78 is 39.7. The highest BCUT2D eigenvalue weighted by Gasteiger charge is 2.27. The molecule has 3 N–H and O–H groups in total. The number of carbonyl (C=O) groups is 1. The van der Waals surface area contributed by atoms with Gasteiger partial charge in [-0.15, -0.1) is 0 Å². The summed E-state index contributed by atoms with van der Waals surface area (Å²) in [4.78, 5) is 13.0. The van der Waals surface area contributed by atoms with E-state index in [2.05, 4.69) is 9.89 Å². The third-order valence-electron chi connectivity index (χ3n) is 2.23. The van der Waals surface area contributed by atoms with Crippen LogP contribution in [0.25, 0.3) is 0 Å². The van der Waals surface area contributed by atoms with Crippen molar-refractivity contribution >= 4 is 11.7 Å². The number of amidine groups is 1. The smallest absolute Gasteiger partial charge is 0.409 e. The third-order valence-corrected chi connectivity index (χ3v) is 2.23. The quantitative estimate of drug-likeness (QED) is 0.228. The number of oxime groups is 1. The van der Waals surface area contributed by atoms with Crippen molar-refractivity contribution in [3.05, 3.63) is 0 Å². The number of alkyl halides is 3. The largest absolute Gasteiger partial charge is 0.411 e. The van der Waals surface area contributed by atoms with E-state index in [-0.39, 0.29) is 37.7 Å². The molecule has 9 heteroatoms. The zero-order valence-electron chi connectivity index (χ0n) is 10.6. The molecule has 19 heavy (non-hydrogen) atoms. The molecule has 0 atom stereocenters. The zero-order chi connectivity index (χ0) is 14.9. The molecule has 0 saturated heterocycles. The van der Waals surface area contributed by atoms with Gasteiger partial charge in [0.1, 0.15) is 12.4 Å². The van der Waals surface area contributed by atoms with Crippen molar-refractivity contribution in [2.45, 2.75) is 25.9 Å². The van der Waals surface area contributed by atoms with Gasteiger partial charge in [0.05, 0.1) is 13.0 Å². The Morgan fingerprint density at radius 1 is 1.42 bits per heavy atom. The van der Waals surface area contributed by atoms with E-state index in [0.29, 0.717) is 6.54 Å². The number of rotatable bonds is 8. The van der Waals surface area contributed by atoms with Crippen molar-refractivity contribution in [3.8, 4) is 0 Å². The fourth-order valence-corrected chi connectivity index (χ4v) is 1.26. The number of nitrogens with zero attached hydrogens (tertiary/aromatic N) is 2. The maximum Gasteiger partial charge on any atom is 0.411 e. The van der Waals surface area contributed by atoms with Crippen LogP contribution in [0.5, 0.6) is 0 Å². The Morgan fingerprint density at radius 3 is 2.53 bits per heavy atom. The highest BCUT2D eigenvalue weighted by Crippen LogP contribution is 2.14.